The fraction of sp³-hybridized carbons (Fsp3) is 0.0714. The van der Waals surface area contributed by atoms with Crippen molar-refractivity contribution in [3.8, 4) is 0 Å². The highest BCUT2D eigenvalue weighted by Gasteiger charge is 2.15. The highest BCUT2D eigenvalue weighted by atomic mass is 35.5. The van der Waals surface area contributed by atoms with E-state index in [1.807, 2.05) is 13.1 Å². The number of aryl methyl sites for hydroxylation is 1. The van der Waals surface area contributed by atoms with Crippen molar-refractivity contribution >= 4 is 34.3 Å². The van der Waals surface area contributed by atoms with Gasteiger partial charge >= 0.3 is 0 Å². The van der Waals surface area contributed by atoms with Crippen LogP contribution in [0, 0.1) is 0 Å². The summed E-state index contributed by atoms with van der Waals surface area (Å²) in [6.07, 6.45) is 1.60. The summed E-state index contributed by atoms with van der Waals surface area (Å²) in [4.78, 5) is 12.2. The van der Waals surface area contributed by atoms with Gasteiger partial charge in [-0.3, -0.25) is 4.79 Å². The van der Waals surface area contributed by atoms with Gasteiger partial charge in [-0.2, -0.15) is 0 Å². The number of furan rings is 1. The zero-order valence-electron chi connectivity index (χ0n) is 10.2. The third-order valence-corrected chi connectivity index (χ3v) is 3.21. The van der Waals surface area contributed by atoms with Gasteiger partial charge in [-0.1, -0.05) is 17.7 Å². The Morgan fingerprint density at radius 3 is 2.89 bits per heavy atom. The number of aromatic nitrogens is 1. The van der Waals surface area contributed by atoms with E-state index in [2.05, 4.69) is 5.32 Å². The second kappa shape index (κ2) is 4.48. The molecule has 1 aromatic carbocycles. The largest absolute Gasteiger partial charge is 0.463 e. The lowest BCUT2D eigenvalue weighted by Crippen LogP contribution is -2.15. The second-order valence-electron chi connectivity index (χ2n) is 4.22. The zero-order chi connectivity index (χ0) is 13.4. The van der Waals surface area contributed by atoms with Gasteiger partial charge in [0.1, 0.15) is 5.69 Å². The Balaban J connectivity index is 1.91. The van der Waals surface area contributed by atoms with Gasteiger partial charge in [0.15, 0.2) is 5.58 Å². The predicted octanol–water partition coefficient (Wildman–Crippen LogP) is 3.68. The van der Waals surface area contributed by atoms with Crippen molar-refractivity contribution < 1.29 is 9.21 Å². The van der Waals surface area contributed by atoms with Crippen LogP contribution in [0.3, 0.4) is 0 Å². The third kappa shape index (κ3) is 2.11. The quantitative estimate of drug-likeness (QED) is 0.775. The highest BCUT2D eigenvalue weighted by Crippen LogP contribution is 2.21. The van der Waals surface area contributed by atoms with Crippen molar-refractivity contribution in [2.75, 3.05) is 5.32 Å². The number of anilines is 1. The number of fused-ring (bicyclic) bond motifs is 1. The van der Waals surface area contributed by atoms with Crippen LogP contribution in [0.5, 0.6) is 0 Å². The molecule has 1 N–H and O–H groups in total. The lowest BCUT2D eigenvalue weighted by atomic mass is 10.3. The van der Waals surface area contributed by atoms with E-state index in [1.54, 1.807) is 41.2 Å². The summed E-state index contributed by atoms with van der Waals surface area (Å²) >= 11 is 5.88. The first-order valence-corrected chi connectivity index (χ1v) is 6.13. The minimum atomic E-state index is -0.198. The number of hydrogen-bond donors (Lipinski definition) is 1. The smallest absolute Gasteiger partial charge is 0.272 e. The molecule has 0 aliphatic heterocycles. The Labute approximate surface area is 114 Å². The Bertz CT molecular complexity index is 758. The van der Waals surface area contributed by atoms with Gasteiger partial charge in [0.2, 0.25) is 0 Å². The molecule has 1 amide bonds. The number of nitrogens with zero attached hydrogens (tertiary/aromatic N) is 1. The van der Waals surface area contributed by atoms with Gasteiger partial charge in [0, 0.05) is 29.9 Å². The van der Waals surface area contributed by atoms with Crippen LogP contribution in [0.15, 0.2) is 47.1 Å². The van der Waals surface area contributed by atoms with Gasteiger partial charge in [0.25, 0.3) is 5.91 Å². The van der Waals surface area contributed by atoms with Crippen LogP contribution in [0.2, 0.25) is 5.02 Å². The molecule has 0 unspecified atom stereocenters. The van der Waals surface area contributed by atoms with Gasteiger partial charge < -0.3 is 14.3 Å². The van der Waals surface area contributed by atoms with Crippen molar-refractivity contribution in [3.05, 3.63) is 53.4 Å². The monoisotopic (exact) mass is 274 g/mol. The van der Waals surface area contributed by atoms with Gasteiger partial charge in [-0.05, 0) is 18.2 Å². The Morgan fingerprint density at radius 2 is 2.16 bits per heavy atom. The lowest BCUT2D eigenvalue weighted by Gasteiger charge is -2.06. The molecule has 0 aliphatic rings. The average Bonchev–Trinajstić information content (AvgIpc) is 2.93. The predicted molar refractivity (Wildman–Crippen MR) is 74.6 cm³/mol. The molecule has 96 valence electrons. The molecule has 0 atom stereocenters. The first kappa shape index (κ1) is 11.9. The second-order valence-corrected chi connectivity index (χ2v) is 4.66. The molecule has 3 rings (SSSR count). The van der Waals surface area contributed by atoms with Crippen LogP contribution >= 0.6 is 11.6 Å². The molecule has 19 heavy (non-hydrogen) atoms. The van der Waals surface area contributed by atoms with Gasteiger partial charge in [-0.15, -0.1) is 0 Å². The van der Waals surface area contributed by atoms with Crippen molar-refractivity contribution in [3.63, 3.8) is 0 Å². The van der Waals surface area contributed by atoms with Crippen LogP contribution < -0.4 is 5.32 Å². The van der Waals surface area contributed by atoms with E-state index in [-0.39, 0.29) is 5.91 Å². The highest BCUT2D eigenvalue weighted by molar-refractivity contribution is 6.31. The molecule has 0 bridgehead atoms. The van der Waals surface area contributed by atoms with Crippen LogP contribution in [0.25, 0.3) is 11.1 Å². The fourth-order valence-electron chi connectivity index (χ4n) is 2.03. The number of carbonyl (C=O) groups excluding carboxylic acids is 1. The maximum Gasteiger partial charge on any atom is 0.272 e. The number of nitrogens with one attached hydrogen (secondary N) is 1. The van der Waals surface area contributed by atoms with E-state index < -0.39 is 0 Å². The lowest BCUT2D eigenvalue weighted by molar-refractivity contribution is 0.101. The summed E-state index contributed by atoms with van der Waals surface area (Å²) in [7, 11) is 1.82. The van der Waals surface area contributed by atoms with Gasteiger partial charge in [-0.25, -0.2) is 0 Å². The van der Waals surface area contributed by atoms with Crippen LogP contribution in [-0.2, 0) is 7.05 Å². The number of hydrogen-bond acceptors (Lipinski definition) is 2. The van der Waals surface area contributed by atoms with E-state index in [4.69, 9.17) is 16.0 Å². The summed E-state index contributed by atoms with van der Waals surface area (Å²) < 4.78 is 7.07. The number of carbonyl (C=O) groups is 1. The van der Waals surface area contributed by atoms with Crippen LogP contribution in [-0.4, -0.2) is 10.5 Å². The molecule has 0 spiro atoms. The van der Waals surface area contributed by atoms with E-state index in [0.717, 1.165) is 5.52 Å². The summed E-state index contributed by atoms with van der Waals surface area (Å²) in [5.41, 5.74) is 2.78. The maximum atomic E-state index is 12.2. The van der Waals surface area contributed by atoms with Gasteiger partial charge in [0.05, 0.1) is 11.8 Å². The molecular formula is C14H11ClN2O2. The fourth-order valence-corrected chi connectivity index (χ4v) is 2.22. The number of amides is 1. The van der Waals surface area contributed by atoms with Crippen molar-refractivity contribution in [1.82, 2.24) is 4.57 Å². The minimum Gasteiger partial charge on any atom is -0.463 e. The topological polar surface area (TPSA) is 47.2 Å². The molecule has 2 aromatic heterocycles. The summed E-state index contributed by atoms with van der Waals surface area (Å²) in [5.74, 6) is -0.198. The molecular weight excluding hydrogens is 264 g/mol. The molecule has 4 nitrogen and oxygen atoms in total. The SMILES string of the molecule is Cn1c(C(=O)Nc2cccc(Cl)c2)cc2occc21. The maximum absolute atomic E-state index is 12.2. The molecule has 0 radical (unpaired) electrons. The molecule has 0 saturated carbocycles. The first-order valence-electron chi connectivity index (χ1n) is 5.75. The first-order chi connectivity index (χ1) is 9.15. The summed E-state index contributed by atoms with van der Waals surface area (Å²) in [5, 5.41) is 3.39. The Kier molecular flexibility index (Phi) is 2.80. The van der Waals surface area contributed by atoms with Crippen molar-refractivity contribution in [2.45, 2.75) is 0 Å². The van der Waals surface area contributed by atoms with E-state index >= 15 is 0 Å². The normalized spacial score (nSPS) is 10.8. The molecule has 2 heterocycles. The molecule has 0 aliphatic carbocycles. The summed E-state index contributed by atoms with van der Waals surface area (Å²) in [6, 6.07) is 10.6. The van der Waals surface area contributed by atoms with Crippen LogP contribution in [0.1, 0.15) is 10.5 Å². The average molecular weight is 275 g/mol. The Hall–Kier alpha value is -2.20. The molecule has 5 heteroatoms. The van der Waals surface area contributed by atoms with E-state index in [9.17, 15) is 4.79 Å². The molecule has 0 saturated heterocycles. The van der Waals surface area contributed by atoms with E-state index in [1.165, 1.54) is 0 Å². The number of benzene rings is 1. The third-order valence-electron chi connectivity index (χ3n) is 2.98. The number of halogens is 1. The van der Waals surface area contributed by atoms with Crippen molar-refractivity contribution in [2.24, 2.45) is 7.05 Å². The molecule has 3 aromatic rings. The van der Waals surface area contributed by atoms with Crippen molar-refractivity contribution in [1.29, 1.82) is 0 Å². The van der Waals surface area contributed by atoms with E-state index in [0.29, 0.717) is 22.0 Å². The standard InChI is InChI=1S/C14H11ClN2O2/c1-17-11-5-6-19-13(11)8-12(17)14(18)16-10-4-2-3-9(15)7-10/h2-8H,1H3,(H,16,18). The zero-order valence-corrected chi connectivity index (χ0v) is 10.9. The summed E-state index contributed by atoms with van der Waals surface area (Å²) in [6.45, 7) is 0. The minimum absolute atomic E-state index is 0.198. The number of rotatable bonds is 2. The molecule has 0 fully saturated rings. The van der Waals surface area contributed by atoms with Crippen LogP contribution in [0.4, 0.5) is 5.69 Å². The Morgan fingerprint density at radius 1 is 1.32 bits per heavy atom.